The van der Waals surface area contributed by atoms with Gasteiger partial charge in [-0.25, -0.2) is 0 Å². The van der Waals surface area contributed by atoms with Crippen molar-refractivity contribution in [3.8, 4) is 0 Å². The van der Waals surface area contributed by atoms with E-state index in [-0.39, 0.29) is 0 Å². The molecule has 0 aliphatic rings. The summed E-state index contributed by atoms with van der Waals surface area (Å²) < 4.78 is 0.440. The molecule has 0 rings (SSSR count). The Morgan fingerprint density at radius 1 is 0.455 bits per heavy atom. The molecule has 0 aromatic carbocycles. The summed E-state index contributed by atoms with van der Waals surface area (Å²) in [6, 6.07) is 0. The van der Waals surface area contributed by atoms with E-state index in [1.165, 1.54) is 117 Å². The SMILES string of the molecule is ClC(Cl)(Cl)CCCCCCCCCCCCCCCC[CH2][SnH]. The van der Waals surface area contributed by atoms with Gasteiger partial charge < -0.3 is 0 Å². The van der Waals surface area contributed by atoms with Crippen molar-refractivity contribution >= 4 is 57.3 Å². The fraction of sp³-hybridized carbons (Fsp3) is 1.00. The van der Waals surface area contributed by atoms with Crippen molar-refractivity contribution in [1.29, 1.82) is 0 Å². The Kier molecular flexibility index (Phi) is 18.8. The van der Waals surface area contributed by atoms with Gasteiger partial charge in [-0.05, 0) is 12.8 Å². The summed E-state index contributed by atoms with van der Waals surface area (Å²) in [6.07, 6.45) is 21.5. The van der Waals surface area contributed by atoms with Gasteiger partial charge in [0.25, 0.3) is 0 Å². The first kappa shape index (κ1) is 23.7. The molecule has 0 aromatic rings. The molecule has 0 N–H and O–H groups in total. The molecule has 0 heterocycles. The molecule has 0 aliphatic heterocycles. The van der Waals surface area contributed by atoms with Crippen molar-refractivity contribution in [2.24, 2.45) is 0 Å². The molecule has 0 atom stereocenters. The van der Waals surface area contributed by atoms with E-state index >= 15 is 0 Å². The van der Waals surface area contributed by atoms with E-state index in [1.54, 1.807) is 0 Å². The van der Waals surface area contributed by atoms with E-state index in [4.69, 9.17) is 34.8 Å². The Morgan fingerprint density at radius 2 is 0.727 bits per heavy atom. The van der Waals surface area contributed by atoms with Crippen molar-refractivity contribution < 1.29 is 0 Å². The van der Waals surface area contributed by atoms with E-state index in [9.17, 15) is 0 Å². The van der Waals surface area contributed by atoms with Crippen LogP contribution in [0.4, 0.5) is 0 Å². The molecule has 0 nitrogen and oxygen atoms in total. The van der Waals surface area contributed by atoms with Crippen LogP contribution in [0.2, 0.25) is 4.44 Å². The molecule has 2 radical (unpaired) electrons. The van der Waals surface area contributed by atoms with Crippen LogP contribution in [0.1, 0.15) is 103 Å². The van der Waals surface area contributed by atoms with Gasteiger partial charge in [-0.1, -0.05) is 54.1 Å². The standard InChI is InChI=1S/C18H34Cl3.Sn.H/c1-2-3-4-5-6-7-8-9-10-11-12-13-14-15-16-17-18(19,20)21;;/h1-17H2;;. The Hall–Kier alpha value is 1.67. The van der Waals surface area contributed by atoms with Crippen molar-refractivity contribution in [1.82, 2.24) is 0 Å². The molecule has 132 valence electrons. The van der Waals surface area contributed by atoms with Crippen LogP contribution >= 0.6 is 34.8 Å². The number of alkyl halides is 3. The number of hydrogen-bond donors (Lipinski definition) is 0. The van der Waals surface area contributed by atoms with Crippen LogP contribution in [0.15, 0.2) is 0 Å². The van der Waals surface area contributed by atoms with Gasteiger partial charge in [0.2, 0.25) is 0 Å². The zero-order valence-corrected chi connectivity index (χ0v) is 19.8. The normalized spacial score (nSPS) is 12.0. The molecule has 0 amide bonds. The Morgan fingerprint density at radius 3 is 1.00 bits per heavy atom. The average molecular weight is 477 g/mol. The van der Waals surface area contributed by atoms with Crippen LogP contribution in [0, 0.1) is 0 Å². The van der Waals surface area contributed by atoms with Gasteiger partial charge in [-0.2, -0.15) is 0 Å². The number of rotatable bonds is 16. The molecule has 4 heteroatoms. The molecule has 0 aliphatic carbocycles. The van der Waals surface area contributed by atoms with Gasteiger partial charge in [0.1, 0.15) is 0 Å². The predicted molar refractivity (Wildman–Crippen MR) is 106 cm³/mol. The van der Waals surface area contributed by atoms with Gasteiger partial charge in [-0.15, -0.1) is 0 Å². The third kappa shape index (κ3) is 21.7. The minimum absolute atomic E-state index is 0.692. The second-order valence-electron chi connectivity index (χ2n) is 6.46. The van der Waals surface area contributed by atoms with Gasteiger partial charge in [0.05, 0.1) is 0 Å². The summed E-state index contributed by atoms with van der Waals surface area (Å²) in [4.78, 5) is 0. The van der Waals surface area contributed by atoms with Crippen LogP contribution < -0.4 is 0 Å². The molecule has 0 spiro atoms. The Bertz CT molecular complexity index is 217. The summed E-state index contributed by atoms with van der Waals surface area (Å²) in [6.45, 7) is 0. The third-order valence-electron chi connectivity index (χ3n) is 4.16. The Balaban J connectivity index is 3.00. The zero-order valence-electron chi connectivity index (χ0n) is 14.2. The van der Waals surface area contributed by atoms with E-state index in [1.807, 2.05) is 0 Å². The molecular weight excluding hydrogens is 441 g/mol. The van der Waals surface area contributed by atoms with Gasteiger partial charge >= 0.3 is 97.6 Å². The summed E-state index contributed by atoms with van der Waals surface area (Å²) in [7, 11) is 0. The van der Waals surface area contributed by atoms with Gasteiger partial charge in [0, 0.05) is 0 Å². The monoisotopic (exact) mass is 476 g/mol. The summed E-state index contributed by atoms with van der Waals surface area (Å²) in [5.74, 6) is 0. The molecule has 0 fully saturated rings. The zero-order chi connectivity index (χ0) is 16.5. The van der Waals surface area contributed by atoms with E-state index in [2.05, 4.69) is 0 Å². The van der Waals surface area contributed by atoms with E-state index in [0.29, 0.717) is 6.42 Å². The van der Waals surface area contributed by atoms with Gasteiger partial charge in [-0.3, -0.25) is 0 Å². The molecule has 0 saturated carbocycles. The fourth-order valence-corrected chi connectivity index (χ4v) is 3.99. The molecule has 0 bridgehead atoms. The van der Waals surface area contributed by atoms with Crippen molar-refractivity contribution in [3.63, 3.8) is 0 Å². The predicted octanol–water partition coefficient (Wildman–Crippen LogP) is 7.92. The third-order valence-corrected chi connectivity index (χ3v) is 5.90. The van der Waals surface area contributed by atoms with Crippen LogP contribution in [-0.2, 0) is 0 Å². The van der Waals surface area contributed by atoms with E-state index < -0.39 is 3.79 Å². The van der Waals surface area contributed by atoms with Crippen molar-refractivity contribution in [3.05, 3.63) is 0 Å². The average Bonchev–Trinajstić information content (AvgIpc) is 2.45. The second kappa shape index (κ2) is 17.5. The second-order valence-corrected chi connectivity index (χ2v) is 10.6. The first-order valence-corrected chi connectivity index (χ1v) is 12.8. The number of halogens is 3. The quantitative estimate of drug-likeness (QED) is 0.121. The Labute approximate surface area is 167 Å². The molecule has 22 heavy (non-hydrogen) atoms. The molecule has 0 unspecified atom stereocenters. The van der Waals surface area contributed by atoms with Crippen molar-refractivity contribution in [2.45, 2.75) is 111 Å². The van der Waals surface area contributed by atoms with E-state index in [0.717, 1.165) is 6.42 Å². The summed E-state index contributed by atoms with van der Waals surface area (Å²) >= 11 is 18.6. The first-order chi connectivity index (χ1) is 10.6. The van der Waals surface area contributed by atoms with Crippen LogP contribution in [0.5, 0.6) is 0 Å². The number of hydrogen-bond acceptors (Lipinski definition) is 0. The topological polar surface area (TPSA) is 0 Å². The molecule has 0 saturated heterocycles. The summed E-state index contributed by atoms with van der Waals surface area (Å²) in [5.41, 5.74) is 0. The van der Waals surface area contributed by atoms with Crippen LogP contribution in [0.3, 0.4) is 0 Å². The molecular formula is C18H35Cl3Sn. The fourth-order valence-electron chi connectivity index (χ4n) is 2.77. The maximum absolute atomic E-state index is 5.73. The van der Waals surface area contributed by atoms with Crippen LogP contribution in [0.25, 0.3) is 0 Å². The maximum atomic E-state index is 5.73. The number of unbranched alkanes of at least 4 members (excludes halogenated alkanes) is 14. The van der Waals surface area contributed by atoms with Crippen molar-refractivity contribution in [2.75, 3.05) is 0 Å². The van der Waals surface area contributed by atoms with Gasteiger partial charge in [0.15, 0.2) is 3.79 Å². The minimum atomic E-state index is -1.04. The van der Waals surface area contributed by atoms with Crippen LogP contribution in [-0.4, -0.2) is 26.3 Å². The molecule has 0 aromatic heterocycles. The first-order valence-electron chi connectivity index (χ1n) is 9.33. The summed E-state index contributed by atoms with van der Waals surface area (Å²) in [5, 5.41) is 0.